The molecule has 2 rings (SSSR count). The maximum atomic E-state index is 12.9. The molecule has 0 fully saturated rings. The molecule has 0 heterocycles. The van der Waals surface area contributed by atoms with Crippen molar-refractivity contribution in [1.82, 2.24) is 0 Å². The number of nitrogens with one attached hydrogen (secondary N) is 2. The van der Waals surface area contributed by atoms with Crippen LogP contribution in [0.3, 0.4) is 0 Å². The van der Waals surface area contributed by atoms with Gasteiger partial charge in [-0.3, -0.25) is 14.9 Å². The monoisotopic (exact) mass is 347 g/mol. The van der Waals surface area contributed by atoms with Crippen molar-refractivity contribution in [3.8, 4) is 0 Å². The zero-order chi connectivity index (χ0) is 18.2. The molecule has 2 N–H and O–H groups in total. The van der Waals surface area contributed by atoms with E-state index in [1.54, 1.807) is 25.1 Å². The first-order chi connectivity index (χ1) is 12.0. The number of nitro benzene ring substituents is 1. The second-order valence-corrected chi connectivity index (χ2v) is 5.15. The quantitative estimate of drug-likeness (QED) is 0.564. The minimum atomic E-state index is -0.570. The third kappa shape index (κ3) is 5.54. The maximum Gasteiger partial charge on any atom is 0.294 e. The Morgan fingerprint density at radius 1 is 1.24 bits per heavy atom. The molecule has 7 nitrogen and oxygen atoms in total. The molecule has 0 spiro atoms. The lowest BCUT2D eigenvalue weighted by Crippen LogP contribution is -2.19. The highest BCUT2D eigenvalue weighted by Gasteiger charge is 2.16. The normalized spacial score (nSPS) is 10.3. The van der Waals surface area contributed by atoms with Crippen molar-refractivity contribution in [1.29, 1.82) is 0 Å². The average molecular weight is 347 g/mol. The Bertz CT molecular complexity index is 750. The van der Waals surface area contributed by atoms with Crippen LogP contribution in [0.5, 0.6) is 0 Å². The molecule has 132 valence electrons. The molecule has 0 aliphatic rings. The molecule has 0 unspecified atom stereocenters. The van der Waals surface area contributed by atoms with Crippen LogP contribution in [-0.2, 0) is 16.1 Å². The molecule has 2 aromatic carbocycles. The number of nitrogens with zero attached hydrogens (tertiary/aromatic N) is 1. The van der Waals surface area contributed by atoms with Crippen LogP contribution in [0.15, 0.2) is 42.5 Å². The third-order valence-electron chi connectivity index (χ3n) is 3.32. The molecule has 0 radical (unpaired) electrons. The van der Waals surface area contributed by atoms with Gasteiger partial charge in [-0.2, -0.15) is 0 Å². The fourth-order valence-electron chi connectivity index (χ4n) is 2.09. The summed E-state index contributed by atoms with van der Waals surface area (Å²) in [6.45, 7) is 2.34. The molecule has 0 aliphatic heterocycles. The Balaban J connectivity index is 2.08. The average Bonchev–Trinajstić information content (AvgIpc) is 2.60. The summed E-state index contributed by atoms with van der Waals surface area (Å²) in [5, 5.41) is 16.7. The number of benzene rings is 2. The van der Waals surface area contributed by atoms with Gasteiger partial charge in [0.1, 0.15) is 18.1 Å². The number of halogens is 1. The number of ether oxygens (including phenoxy) is 1. The number of nitro groups is 1. The summed E-state index contributed by atoms with van der Waals surface area (Å²) in [6, 6.07) is 10.3. The predicted molar refractivity (Wildman–Crippen MR) is 91.9 cm³/mol. The van der Waals surface area contributed by atoms with Crippen molar-refractivity contribution in [2.75, 3.05) is 23.8 Å². The minimum Gasteiger partial charge on any atom is -0.381 e. The lowest BCUT2D eigenvalue weighted by atomic mass is 10.2. The van der Waals surface area contributed by atoms with Crippen LogP contribution in [0.25, 0.3) is 0 Å². The van der Waals surface area contributed by atoms with Gasteiger partial charge in [-0.1, -0.05) is 12.1 Å². The summed E-state index contributed by atoms with van der Waals surface area (Å²) in [4.78, 5) is 22.3. The Hall–Kier alpha value is -3.00. The summed E-state index contributed by atoms with van der Waals surface area (Å²) >= 11 is 0. The summed E-state index contributed by atoms with van der Waals surface area (Å²) in [6.07, 6.45) is 0. The van der Waals surface area contributed by atoms with E-state index in [0.717, 1.165) is 5.56 Å². The standard InChI is InChI=1S/C17H18FN3O4/c1-2-25-11-17(22)20-15-8-7-14(9-16(15)21(23)24)19-10-12-3-5-13(18)6-4-12/h3-9,19H,2,10-11H2,1H3,(H,20,22). The lowest BCUT2D eigenvalue weighted by Gasteiger charge is -2.10. The molecule has 0 aromatic heterocycles. The summed E-state index contributed by atoms with van der Waals surface area (Å²) in [5.41, 5.74) is 1.22. The fraction of sp³-hybridized carbons (Fsp3) is 0.235. The molecular formula is C17H18FN3O4. The van der Waals surface area contributed by atoms with Crippen molar-refractivity contribution < 1.29 is 18.8 Å². The van der Waals surface area contributed by atoms with Crippen molar-refractivity contribution in [2.24, 2.45) is 0 Å². The van der Waals surface area contributed by atoms with E-state index < -0.39 is 10.8 Å². The van der Waals surface area contributed by atoms with E-state index in [4.69, 9.17) is 4.74 Å². The number of anilines is 2. The van der Waals surface area contributed by atoms with Gasteiger partial charge in [-0.15, -0.1) is 0 Å². The van der Waals surface area contributed by atoms with E-state index >= 15 is 0 Å². The molecule has 0 atom stereocenters. The number of amides is 1. The third-order valence-corrected chi connectivity index (χ3v) is 3.32. The zero-order valence-corrected chi connectivity index (χ0v) is 13.6. The topological polar surface area (TPSA) is 93.5 Å². The first kappa shape index (κ1) is 18.3. The van der Waals surface area contributed by atoms with E-state index in [1.165, 1.54) is 24.3 Å². The van der Waals surface area contributed by atoms with Crippen molar-refractivity contribution >= 4 is 23.0 Å². The molecule has 2 aromatic rings. The molecule has 8 heteroatoms. The first-order valence-corrected chi connectivity index (χ1v) is 7.64. The zero-order valence-electron chi connectivity index (χ0n) is 13.6. The number of carbonyl (C=O) groups is 1. The van der Waals surface area contributed by atoms with E-state index in [2.05, 4.69) is 10.6 Å². The number of rotatable bonds is 8. The summed E-state index contributed by atoms with van der Waals surface area (Å²) in [5.74, 6) is -0.788. The summed E-state index contributed by atoms with van der Waals surface area (Å²) in [7, 11) is 0. The Morgan fingerprint density at radius 3 is 2.60 bits per heavy atom. The second-order valence-electron chi connectivity index (χ2n) is 5.15. The molecule has 0 saturated heterocycles. The van der Waals surface area contributed by atoms with Crippen LogP contribution in [-0.4, -0.2) is 24.0 Å². The van der Waals surface area contributed by atoms with Crippen LogP contribution in [0.1, 0.15) is 12.5 Å². The van der Waals surface area contributed by atoms with Crippen LogP contribution in [0, 0.1) is 15.9 Å². The van der Waals surface area contributed by atoms with Gasteiger partial charge in [0.05, 0.1) is 4.92 Å². The van der Waals surface area contributed by atoms with Crippen molar-refractivity contribution in [2.45, 2.75) is 13.5 Å². The van der Waals surface area contributed by atoms with E-state index in [0.29, 0.717) is 18.8 Å². The van der Waals surface area contributed by atoms with E-state index in [9.17, 15) is 19.3 Å². The highest BCUT2D eigenvalue weighted by atomic mass is 19.1. The van der Waals surface area contributed by atoms with Gasteiger partial charge < -0.3 is 15.4 Å². The van der Waals surface area contributed by atoms with Crippen molar-refractivity contribution in [3.05, 3.63) is 64.0 Å². The predicted octanol–water partition coefficient (Wildman–Crippen LogP) is 3.32. The molecule has 0 aliphatic carbocycles. The van der Waals surface area contributed by atoms with Crippen LogP contribution >= 0.6 is 0 Å². The van der Waals surface area contributed by atoms with Gasteiger partial charge in [0.15, 0.2) is 0 Å². The van der Waals surface area contributed by atoms with E-state index in [1.807, 2.05) is 0 Å². The lowest BCUT2D eigenvalue weighted by molar-refractivity contribution is -0.383. The Kier molecular flexibility index (Phi) is 6.41. The molecule has 1 amide bonds. The Labute approximate surface area is 144 Å². The first-order valence-electron chi connectivity index (χ1n) is 7.64. The van der Waals surface area contributed by atoms with Gasteiger partial charge in [-0.05, 0) is 36.8 Å². The van der Waals surface area contributed by atoms with E-state index in [-0.39, 0.29) is 23.8 Å². The van der Waals surface area contributed by atoms with Gasteiger partial charge >= 0.3 is 0 Å². The van der Waals surface area contributed by atoms with Gasteiger partial charge in [0.2, 0.25) is 0 Å². The molecule has 0 saturated carbocycles. The minimum absolute atomic E-state index is 0.0991. The fourth-order valence-corrected chi connectivity index (χ4v) is 2.09. The second kappa shape index (κ2) is 8.74. The highest BCUT2D eigenvalue weighted by molar-refractivity contribution is 5.94. The molecular weight excluding hydrogens is 329 g/mol. The Morgan fingerprint density at radius 2 is 1.96 bits per heavy atom. The number of carbonyl (C=O) groups excluding carboxylic acids is 1. The largest absolute Gasteiger partial charge is 0.381 e. The van der Waals surface area contributed by atoms with Crippen molar-refractivity contribution in [3.63, 3.8) is 0 Å². The van der Waals surface area contributed by atoms with Crippen LogP contribution in [0.2, 0.25) is 0 Å². The van der Waals surface area contributed by atoms with Crippen LogP contribution in [0.4, 0.5) is 21.5 Å². The number of hydrogen-bond acceptors (Lipinski definition) is 5. The molecule has 25 heavy (non-hydrogen) atoms. The number of hydrogen-bond donors (Lipinski definition) is 2. The van der Waals surface area contributed by atoms with Gasteiger partial charge in [-0.25, -0.2) is 4.39 Å². The van der Waals surface area contributed by atoms with Gasteiger partial charge in [0.25, 0.3) is 11.6 Å². The highest BCUT2D eigenvalue weighted by Crippen LogP contribution is 2.28. The van der Waals surface area contributed by atoms with Crippen LogP contribution < -0.4 is 10.6 Å². The SMILES string of the molecule is CCOCC(=O)Nc1ccc(NCc2ccc(F)cc2)cc1[N+](=O)[O-]. The molecule has 0 bridgehead atoms. The smallest absolute Gasteiger partial charge is 0.294 e. The van der Waals surface area contributed by atoms with Gasteiger partial charge in [0, 0.05) is 24.9 Å². The maximum absolute atomic E-state index is 12.9. The summed E-state index contributed by atoms with van der Waals surface area (Å²) < 4.78 is 17.8.